The maximum absolute atomic E-state index is 15.1. The molecule has 0 heterocycles. The van der Waals surface area contributed by atoms with E-state index in [4.69, 9.17) is 4.74 Å². The van der Waals surface area contributed by atoms with Crippen LogP contribution in [0.5, 0.6) is 5.75 Å². The Kier molecular flexibility index (Phi) is 8.72. The Morgan fingerprint density at radius 2 is 1.12 bits per heavy atom. The lowest BCUT2D eigenvalue weighted by Crippen LogP contribution is -2.21. The molecular weight excluding hydrogens is 543 g/mol. The maximum Gasteiger partial charge on any atom is 0.426 e. The lowest BCUT2D eigenvalue weighted by atomic mass is 9.97. The SMILES string of the molecule is CCCCCc1ccc(C(F)(F)Oc2ccc(-c3ccc(-c4ccc(-c5ccc(F)cc5)c(F)c4)c(F)c3)cc2)cc1. The second-order valence-electron chi connectivity index (χ2n) is 10.2. The molecule has 0 amide bonds. The Balaban J connectivity index is 1.28. The fourth-order valence-electron chi connectivity index (χ4n) is 4.84. The Morgan fingerprint density at radius 3 is 1.74 bits per heavy atom. The van der Waals surface area contributed by atoms with Gasteiger partial charge in [-0.15, -0.1) is 0 Å². The number of hydrogen-bond acceptors (Lipinski definition) is 1. The fraction of sp³-hybridized carbons (Fsp3) is 0.167. The fourth-order valence-corrected chi connectivity index (χ4v) is 4.84. The number of halogens is 5. The maximum atomic E-state index is 15.1. The van der Waals surface area contributed by atoms with Gasteiger partial charge in [-0.2, -0.15) is 8.78 Å². The molecule has 0 radical (unpaired) electrons. The molecule has 0 saturated heterocycles. The summed E-state index contributed by atoms with van der Waals surface area (Å²) in [5.74, 6) is -1.56. The minimum absolute atomic E-state index is 0.0235. The summed E-state index contributed by atoms with van der Waals surface area (Å²) in [6, 6.07) is 26.5. The van der Waals surface area contributed by atoms with Crippen molar-refractivity contribution in [2.24, 2.45) is 0 Å². The predicted octanol–water partition coefficient (Wildman–Crippen LogP) is 11.0. The molecule has 0 N–H and O–H groups in total. The van der Waals surface area contributed by atoms with Gasteiger partial charge in [-0.1, -0.05) is 80.4 Å². The molecule has 5 rings (SSSR count). The molecule has 5 aromatic carbocycles. The van der Waals surface area contributed by atoms with E-state index in [0.29, 0.717) is 22.3 Å². The molecule has 1 nitrogen and oxygen atoms in total. The predicted molar refractivity (Wildman–Crippen MR) is 157 cm³/mol. The highest BCUT2D eigenvalue weighted by molar-refractivity contribution is 5.74. The number of rotatable bonds is 10. The van der Waals surface area contributed by atoms with Gasteiger partial charge < -0.3 is 4.74 Å². The van der Waals surface area contributed by atoms with Crippen molar-refractivity contribution >= 4 is 0 Å². The lowest BCUT2D eigenvalue weighted by Gasteiger charge is -2.19. The molecule has 0 saturated carbocycles. The average molecular weight is 573 g/mol. The third kappa shape index (κ3) is 6.71. The highest BCUT2D eigenvalue weighted by Gasteiger charge is 2.34. The smallest absolute Gasteiger partial charge is 0.426 e. The van der Waals surface area contributed by atoms with E-state index in [1.165, 1.54) is 66.7 Å². The summed E-state index contributed by atoms with van der Waals surface area (Å²) in [6.45, 7) is 2.12. The summed E-state index contributed by atoms with van der Waals surface area (Å²) in [5, 5.41) is 0. The topological polar surface area (TPSA) is 9.23 Å². The van der Waals surface area contributed by atoms with Crippen LogP contribution in [0, 0.1) is 17.5 Å². The second kappa shape index (κ2) is 12.6. The molecule has 6 heteroatoms. The van der Waals surface area contributed by atoms with Crippen LogP contribution in [0.1, 0.15) is 37.3 Å². The van der Waals surface area contributed by atoms with Crippen molar-refractivity contribution in [3.63, 3.8) is 0 Å². The van der Waals surface area contributed by atoms with E-state index in [1.807, 2.05) is 0 Å². The monoisotopic (exact) mass is 572 g/mol. The van der Waals surface area contributed by atoms with E-state index >= 15 is 4.39 Å². The number of ether oxygens (including phenoxy) is 1. The van der Waals surface area contributed by atoms with Crippen molar-refractivity contribution in [2.45, 2.75) is 38.7 Å². The van der Waals surface area contributed by atoms with Crippen molar-refractivity contribution in [1.29, 1.82) is 0 Å². The summed E-state index contributed by atoms with van der Waals surface area (Å²) in [5.41, 5.74) is 3.26. The minimum Gasteiger partial charge on any atom is -0.429 e. The van der Waals surface area contributed by atoms with Crippen LogP contribution in [-0.2, 0) is 12.5 Å². The molecule has 0 aliphatic rings. The second-order valence-corrected chi connectivity index (χ2v) is 10.2. The summed E-state index contributed by atoms with van der Waals surface area (Å²) in [4.78, 5) is 0. The van der Waals surface area contributed by atoms with Crippen molar-refractivity contribution < 1.29 is 26.7 Å². The molecular formula is C36H29F5O. The summed E-state index contributed by atoms with van der Waals surface area (Å²) in [7, 11) is 0. The zero-order valence-electron chi connectivity index (χ0n) is 23.0. The van der Waals surface area contributed by atoms with Crippen LogP contribution in [0.3, 0.4) is 0 Å². The summed E-state index contributed by atoms with van der Waals surface area (Å²) in [6.07, 6.45) is 0.552. The van der Waals surface area contributed by atoms with Gasteiger partial charge in [0.15, 0.2) is 0 Å². The molecule has 0 spiro atoms. The number of aryl methyl sites for hydroxylation is 1. The van der Waals surface area contributed by atoms with E-state index in [1.54, 1.807) is 42.5 Å². The van der Waals surface area contributed by atoms with E-state index in [9.17, 15) is 17.6 Å². The average Bonchev–Trinajstić information content (AvgIpc) is 2.98. The van der Waals surface area contributed by atoms with Crippen LogP contribution in [0.4, 0.5) is 22.0 Å². The zero-order chi connectivity index (χ0) is 29.7. The third-order valence-corrected chi connectivity index (χ3v) is 7.20. The van der Waals surface area contributed by atoms with Crippen LogP contribution in [0.15, 0.2) is 109 Å². The first-order valence-electron chi connectivity index (χ1n) is 13.9. The highest BCUT2D eigenvalue weighted by atomic mass is 19.3. The zero-order valence-corrected chi connectivity index (χ0v) is 23.0. The largest absolute Gasteiger partial charge is 0.429 e. The summed E-state index contributed by atoms with van der Waals surface area (Å²) >= 11 is 0. The van der Waals surface area contributed by atoms with Gasteiger partial charge in [-0.25, -0.2) is 13.2 Å². The van der Waals surface area contributed by atoms with Crippen LogP contribution in [0.2, 0.25) is 0 Å². The molecule has 42 heavy (non-hydrogen) atoms. The van der Waals surface area contributed by atoms with Gasteiger partial charge in [0.05, 0.1) is 5.56 Å². The van der Waals surface area contributed by atoms with Crippen molar-refractivity contribution in [3.05, 3.63) is 138 Å². The van der Waals surface area contributed by atoms with Crippen LogP contribution in [0.25, 0.3) is 33.4 Å². The van der Waals surface area contributed by atoms with Gasteiger partial charge in [0.1, 0.15) is 23.2 Å². The first-order valence-corrected chi connectivity index (χ1v) is 13.9. The van der Waals surface area contributed by atoms with Gasteiger partial charge in [-0.3, -0.25) is 0 Å². The first-order chi connectivity index (χ1) is 20.2. The van der Waals surface area contributed by atoms with E-state index in [-0.39, 0.29) is 22.4 Å². The Labute approximate surface area is 242 Å². The molecule has 0 aromatic heterocycles. The summed E-state index contributed by atoms with van der Waals surface area (Å²) < 4.78 is 77.9. The molecule has 0 aliphatic heterocycles. The van der Waals surface area contributed by atoms with Gasteiger partial charge in [-0.05, 0) is 89.2 Å². The molecule has 0 bridgehead atoms. The van der Waals surface area contributed by atoms with Gasteiger partial charge in [0.2, 0.25) is 0 Å². The normalized spacial score (nSPS) is 11.5. The van der Waals surface area contributed by atoms with Gasteiger partial charge >= 0.3 is 6.11 Å². The number of unbranched alkanes of at least 4 members (excludes halogenated alkanes) is 2. The third-order valence-electron chi connectivity index (χ3n) is 7.20. The quantitative estimate of drug-likeness (QED) is 0.119. The van der Waals surface area contributed by atoms with E-state index in [2.05, 4.69) is 6.92 Å². The minimum atomic E-state index is -3.52. The van der Waals surface area contributed by atoms with Gasteiger partial charge in [0.25, 0.3) is 0 Å². The molecule has 0 aliphatic carbocycles. The number of benzene rings is 5. The molecule has 0 fully saturated rings. The molecule has 214 valence electrons. The van der Waals surface area contributed by atoms with Crippen LogP contribution < -0.4 is 4.74 Å². The van der Waals surface area contributed by atoms with Crippen LogP contribution >= 0.6 is 0 Å². The standard InChI is InChI=1S/C36H29F5O/c1-2-3-4-5-24-6-14-29(15-7-24)36(40,41)42-31-18-10-25(11-19-31)27-12-20-33(34(38)22-27)28-13-21-32(35(39)23-28)26-8-16-30(37)17-9-26/h6-23H,2-5H2,1H3. The Morgan fingerprint density at radius 1 is 0.571 bits per heavy atom. The van der Waals surface area contributed by atoms with E-state index < -0.39 is 23.6 Å². The highest BCUT2D eigenvalue weighted by Crippen LogP contribution is 2.35. The van der Waals surface area contributed by atoms with Gasteiger partial charge in [0, 0.05) is 11.1 Å². The molecule has 0 unspecified atom stereocenters. The Hall–Kier alpha value is -4.45. The van der Waals surface area contributed by atoms with Crippen LogP contribution in [-0.4, -0.2) is 0 Å². The number of hydrogen-bond donors (Lipinski definition) is 0. The number of alkyl halides is 2. The Bertz CT molecular complexity index is 1640. The molecule has 5 aromatic rings. The molecule has 0 atom stereocenters. The van der Waals surface area contributed by atoms with Crippen molar-refractivity contribution in [2.75, 3.05) is 0 Å². The van der Waals surface area contributed by atoms with Crippen molar-refractivity contribution in [3.8, 4) is 39.1 Å². The first kappa shape index (κ1) is 29.1. The van der Waals surface area contributed by atoms with E-state index in [0.717, 1.165) is 31.2 Å². The lowest BCUT2D eigenvalue weighted by molar-refractivity contribution is -0.185. The van der Waals surface area contributed by atoms with Crippen molar-refractivity contribution in [1.82, 2.24) is 0 Å².